The number of aromatic hydroxyl groups is 1. The lowest BCUT2D eigenvalue weighted by molar-refractivity contribution is 0.0952. The van der Waals surface area contributed by atoms with E-state index in [0.29, 0.717) is 12.3 Å². The molecule has 0 unspecified atom stereocenters. The first-order chi connectivity index (χ1) is 11.1. The highest BCUT2D eigenvalue weighted by Crippen LogP contribution is 2.15. The molecule has 0 radical (unpaired) electrons. The van der Waals surface area contributed by atoms with Crippen LogP contribution in [-0.2, 0) is 6.54 Å². The van der Waals surface area contributed by atoms with Crippen LogP contribution in [0.1, 0.15) is 17.3 Å². The Kier molecular flexibility index (Phi) is 4.01. The molecule has 0 atom stereocenters. The van der Waals surface area contributed by atoms with Crippen molar-refractivity contribution in [3.63, 3.8) is 0 Å². The predicted molar refractivity (Wildman–Crippen MR) is 86.2 cm³/mol. The fourth-order valence-corrected chi connectivity index (χ4v) is 2.16. The highest BCUT2D eigenvalue weighted by atomic mass is 16.3. The van der Waals surface area contributed by atoms with Crippen molar-refractivity contribution in [1.82, 2.24) is 20.4 Å². The number of hydrazone groups is 1. The summed E-state index contributed by atoms with van der Waals surface area (Å²) >= 11 is 0. The molecular formula is C16H15N5O2. The zero-order valence-corrected chi connectivity index (χ0v) is 12.5. The van der Waals surface area contributed by atoms with Gasteiger partial charge in [0, 0.05) is 0 Å². The Hall–Kier alpha value is -3.22. The molecule has 0 fully saturated rings. The molecule has 1 aromatic heterocycles. The summed E-state index contributed by atoms with van der Waals surface area (Å²) in [6, 6.07) is 13.9. The Bertz CT molecular complexity index is 885. The third-order valence-electron chi connectivity index (χ3n) is 3.30. The maximum atomic E-state index is 12.0. The number of nitrogens with zero attached hydrogens (tertiary/aromatic N) is 4. The number of amides is 1. The number of rotatable bonds is 4. The Morgan fingerprint density at radius 2 is 1.96 bits per heavy atom. The molecule has 7 nitrogen and oxygen atoms in total. The molecule has 2 N–H and O–H groups in total. The Morgan fingerprint density at radius 3 is 2.78 bits per heavy atom. The summed E-state index contributed by atoms with van der Waals surface area (Å²) in [5.41, 5.74) is 4.96. The first kappa shape index (κ1) is 14.7. The summed E-state index contributed by atoms with van der Waals surface area (Å²) in [6.07, 6.45) is 0. The highest BCUT2D eigenvalue weighted by Gasteiger charge is 2.09. The number of phenolic OH excluding ortho intramolecular Hbond substituents is 1. The maximum Gasteiger partial charge on any atom is 0.275 e. The molecule has 0 saturated heterocycles. The first-order valence-electron chi connectivity index (χ1n) is 7.05. The maximum absolute atomic E-state index is 12.0. The van der Waals surface area contributed by atoms with Crippen molar-refractivity contribution in [1.29, 1.82) is 0 Å². The number of phenols is 1. The van der Waals surface area contributed by atoms with Gasteiger partial charge in [-0.3, -0.25) is 4.79 Å². The topological polar surface area (TPSA) is 92.4 Å². The van der Waals surface area contributed by atoms with Crippen molar-refractivity contribution in [2.75, 3.05) is 0 Å². The summed E-state index contributed by atoms with van der Waals surface area (Å²) < 4.78 is 1.71. The molecule has 23 heavy (non-hydrogen) atoms. The Labute approximate surface area is 132 Å². The van der Waals surface area contributed by atoms with Gasteiger partial charge < -0.3 is 5.11 Å². The van der Waals surface area contributed by atoms with E-state index in [1.807, 2.05) is 24.3 Å². The summed E-state index contributed by atoms with van der Waals surface area (Å²) in [7, 11) is 0. The lowest BCUT2D eigenvalue weighted by atomic mass is 10.2. The molecule has 2 aromatic carbocycles. The van der Waals surface area contributed by atoms with Crippen molar-refractivity contribution in [3.05, 3.63) is 54.1 Å². The second-order valence-corrected chi connectivity index (χ2v) is 5.04. The average Bonchev–Trinajstić information content (AvgIpc) is 2.96. The minimum Gasteiger partial charge on any atom is -0.507 e. The van der Waals surface area contributed by atoms with E-state index in [2.05, 4.69) is 20.8 Å². The minimum atomic E-state index is -0.467. The van der Waals surface area contributed by atoms with Crippen LogP contribution in [0, 0.1) is 0 Å². The lowest BCUT2D eigenvalue weighted by Crippen LogP contribution is -2.20. The van der Waals surface area contributed by atoms with Gasteiger partial charge in [-0.2, -0.15) is 5.10 Å². The van der Waals surface area contributed by atoms with Gasteiger partial charge in [-0.15, -0.1) is 5.10 Å². The summed E-state index contributed by atoms with van der Waals surface area (Å²) in [5.74, 6) is -0.550. The molecular weight excluding hydrogens is 294 g/mol. The fourth-order valence-electron chi connectivity index (χ4n) is 2.16. The third-order valence-corrected chi connectivity index (χ3v) is 3.30. The van der Waals surface area contributed by atoms with Crippen molar-refractivity contribution in [3.8, 4) is 5.75 Å². The first-order valence-corrected chi connectivity index (χ1v) is 7.05. The second kappa shape index (κ2) is 6.27. The molecule has 3 aromatic rings. The largest absolute Gasteiger partial charge is 0.507 e. The standard InChI is InChI=1S/C16H15N5O2/c1-11(10-21-14-8-4-3-7-13(14)18-20-21)17-19-16(23)12-6-2-5-9-15(12)22/h2-9,22H,10H2,1H3,(H,19,23)/b17-11-. The highest BCUT2D eigenvalue weighted by molar-refractivity contribution is 5.97. The van der Waals surface area contributed by atoms with E-state index in [9.17, 15) is 9.90 Å². The number of benzene rings is 2. The van der Waals surface area contributed by atoms with Crippen LogP contribution in [0.3, 0.4) is 0 Å². The van der Waals surface area contributed by atoms with E-state index < -0.39 is 5.91 Å². The third kappa shape index (κ3) is 3.18. The van der Waals surface area contributed by atoms with Crippen LogP contribution in [0.25, 0.3) is 11.0 Å². The van der Waals surface area contributed by atoms with Crippen molar-refractivity contribution >= 4 is 22.7 Å². The summed E-state index contributed by atoms with van der Waals surface area (Å²) in [4.78, 5) is 12.0. The van der Waals surface area contributed by atoms with E-state index in [0.717, 1.165) is 11.0 Å². The van der Waals surface area contributed by atoms with Gasteiger partial charge in [-0.1, -0.05) is 29.5 Å². The Balaban J connectivity index is 1.71. The lowest BCUT2D eigenvalue weighted by Gasteiger charge is -2.05. The number of aromatic nitrogens is 3. The number of fused-ring (bicyclic) bond motifs is 1. The number of carbonyl (C=O) groups excluding carboxylic acids is 1. The SMILES string of the molecule is C/C(Cn1nnc2ccccc21)=N/NC(=O)c1ccccc1O. The number of para-hydroxylation sites is 2. The van der Waals surface area contributed by atoms with Crippen LogP contribution in [0.5, 0.6) is 5.75 Å². The quantitative estimate of drug-likeness (QED) is 0.569. The zero-order chi connectivity index (χ0) is 16.2. The molecule has 0 aliphatic rings. The molecule has 1 amide bonds. The van der Waals surface area contributed by atoms with Gasteiger partial charge in [0.1, 0.15) is 11.3 Å². The zero-order valence-electron chi connectivity index (χ0n) is 12.5. The van der Waals surface area contributed by atoms with Crippen molar-refractivity contribution < 1.29 is 9.90 Å². The van der Waals surface area contributed by atoms with Gasteiger partial charge in [0.15, 0.2) is 0 Å². The van der Waals surface area contributed by atoms with Gasteiger partial charge in [-0.05, 0) is 31.2 Å². The molecule has 0 spiro atoms. The molecule has 1 heterocycles. The van der Waals surface area contributed by atoms with Crippen LogP contribution in [-0.4, -0.2) is 31.7 Å². The van der Waals surface area contributed by atoms with Crippen LogP contribution in [0.2, 0.25) is 0 Å². The van der Waals surface area contributed by atoms with Crippen molar-refractivity contribution in [2.24, 2.45) is 5.10 Å². The monoisotopic (exact) mass is 309 g/mol. The minimum absolute atomic E-state index is 0.0832. The molecule has 0 aliphatic carbocycles. The molecule has 116 valence electrons. The summed E-state index contributed by atoms with van der Waals surface area (Å²) in [6.45, 7) is 2.18. The van der Waals surface area contributed by atoms with Crippen LogP contribution in [0.4, 0.5) is 0 Å². The van der Waals surface area contributed by atoms with Crippen LogP contribution >= 0.6 is 0 Å². The van der Waals surface area contributed by atoms with Gasteiger partial charge in [0.25, 0.3) is 5.91 Å². The number of carbonyl (C=O) groups is 1. The summed E-state index contributed by atoms with van der Waals surface area (Å²) in [5, 5.41) is 21.8. The van der Waals surface area contributed by atoms with E-state index in [-0.39, 0.29) is 11.3 Å². The molecule has 3 rings (SSSR count). The van der Waals surface area contributed by atoms with Gasteiger partial charge in [0.05, 0.1) is 23.3 Å². The second-order valence-electron chi connectivity index (χ2n) is 5.04. The van der Waals surface area contributed by atoms with E-state index >= 15 is 0 Å². The van der Waals surface area contributed by atoms with Gasteiger partial charge in [0.2, 0.25) is 0 Å². The molecule has 7 heteroatoms. The fraction of sp³-hybridized carbons (Fsp3) is 0.125. The number of nitrogens with one attached hydrogen (secondary N) is 1. The smallest absolute Gasteiger partial charge is 0.275 e. The molecule has 0 aliphatic heterocycles. The molecule has 0 saturated carbocycles. The average molecular weight is 309 g/mol. The van der Waals surface area contributed by atoms with E-state index in [4.69, 9.17) is 0 Å². The van der Waals surface area contributed by atoms with E-state index in [1.165, 1.54) is 12.1 Å². The van der Waals surface area contributed by atoms with Gasteiger partial charge in [-0.25, -0.2) is 10.1 Å². The number of hydrogen-bond acceptors (Lipinski definition) is 5. The van der Waals surface area contributed by atoms with Gasteiger partial charge >= 0.3 is 0 Å². The molecule has 0 bridgehead atoms. The van der Waals surface area contributed by atoms with E-state index in [1.54, 1.807) is 23.7 Å². The number of hydrogen-bond donors (Lipinski definition) is 2. The normalized spacial score (nSPS) is 11.6. The van der Waals surface area contributed by atoms with Crippen LogP contribution in [0.15, 0.2) is 53.6 Å². The predicted octanol–water partition coefficient (Wildman–Crippen LogP) is 1.94. The Morgan fingerprint density at radius 1 is 1.22 bits per heavy atom. The van der Waals surface area contributed by atoms with Crippen molar-refractivity contribution in [2.45, 2.75) is 13.5 Å². The van der Waals surface area contributed by atoms with Crippen LogP contribution < -0.4 is 5.43 Å².